The summed E-state index contributed by atoms with van der Waals surface area (Å²) in [6.07, 6.45) is 1.33. The first-order chi connectivity index (χ1) is 8.93. The summed E-state index contributed by atoms with van der Waals surface area (Å²) in [5.41, 5.74) is 1.68. The van der Waals surface area contributed by atoms with Crippen LogP contribution >= 0.6 is 0 Å². The van der Waals surface area contributed by atoms with Crippen molar-refractivity contribution in [3.63, 3.8) is 0 Å². The lowest BCUT2D eigenvalue weighted by Crippen LogP contribution is -2.25. The van der Waals surface area contributed by atoms with E-state index < -0.39 is 0 Å². The minimum atomic E-state index is -0.106. The van der Waals surface area contributed by atoms with Gasteiger partial charge in [0.25, 0.3) is 0 Å². The Morgan fingerprint density at radius 2 is 1.39 bits per heavy atom. The molecule has 2 aliphatic rings. The Balaban J connectivity index is 1.75. The van der Waals surface area contributed by atoms with E-state index in [0.717, 1.165) is 11.4 Å². The minimum Gasteiger partial charge on any atom is -0.376 e. The molecule has 2 atom stereocenters. The zero-order chi connectivity index (χ0) is 12.2. The average molecular weight is 252 g/mol. The Labute approximate surface area is 105 Å². The molecule has 0 radical (unpaired) electrons. The smallest absolute Gasteiger partial charge is 0.123 e. The largest absolute Gasteiger partial charge is 0.376 e. The average Bonchev–Trinajstić information content (AvgIpc) is 2.49. The van der Waals surface area contributed by atoms with Gasteiger partial charge >= 0.3 is 0 Å². The third-order valence-electron chi connectivity index (χ3n) is 3.00. The molecule has 3 heterocycles. The van der Waals surface area contributed by atoms with E-state index in [1.807, 2.05) is 6.07 Å². The summed E-state index contributed by atoms with van der Waals surface area (Å²) >= 11 is 0. The molecule has 6 nitrogen and oxygen atoms in total. The number of rotatable bonds is 2. The summed E-state index contributed by atoms with van der Waals surface area (Å²) in [5.74, 6) is 0. The van der Waals surface area contributed by atoms with Crippen LogP contribution in [0.25, 0.3) is 0 Å². The van der Waals surface area contributed by atoms with Crippen molar-refractivity contribution >= 4 is 0 Å². The highest BCUT2D eigenvalue weighted by molar-refractivity contribution is 5.14. The van der Waals surface area contributed by atoms with Crippen molar-refractivity contribution < 1.29 is 18.9 Å². The monoisotopic (exact) mass is 252 g/mol. The maximum absolute atomic E-state index is 5.62. The zero-order valence-electron chi connectivity index (χ0n) is 10.1. The van der Waals surface area contributed by atoms with Gasteiger partial charge in [-0.1, -0.05) is 0 Å². The molecular formula is C12H16N2O4. The van der Waals surface area contributed by atoms with Gasteiger partial charge in [0.05, 0.1) is 51.0 Å². The Hall–Kier alpha value is -1.08. The lowest BCUT2D eigenvalue weighted by atomic mass is 10.1. The first-order valence-corrected chi connectivity index (χ1v) is 6.14. The molecule has 6 heteroatoms. The van der Waals surface area contributed by atoms with Crippen molar-refractivity contribution in [1.82, 2.24) is 9.97 Å². The molecule has 0 spiro atoms. The third kappa shape index (κ3) is 2.67. The Kier molecular flexibility index (Phi) is 3.80. The molecule has 0 unspecified atom stereocenters. The highest BCUT2D eigenvalue weighted by atomic mass is 16.6. The maximum atomic E-state index is 5.62. The van der Waals surface area contributed by atoms with E-state index in [2.05, 4.69) is 9.97 Å². The van der Waals surface area contributed by atoms with Crippen LogP contribution in [0.5, 0.6) is 0 Å². The number of nitrogens with zero attached hydrogens (tertiary/aromatic N) is 2. The van der Waals surface area contributed by atoms with Crippen LogP contribution < -0.4 is 0 Å². The summed E-state index contributed by atoms with van der Waals surface area (Å²) in [6, 6.07) is 1.92. The van der Waals surface area contributed by atoms with Gasteiger partial charge in [0.2, 0.25) is 0 Å². The lowest BCUT2D eigenvalue weighted by Gasteiger charge is -2.25. The van der Waals surface area contributed by atoms with E-state index in [9.17, 15) is 0 Å². The van der Waals surface area contributed by atoms with E-state index >= 15 is 0 Å². The molecular weight excluding hydrogens is 236 g/mol. The molecule has 2 fully saturated rings. The molecule has 0 N–H and O–H groups in total. The van der Waals surface area contributed by atoms with Gasteiger partial charge in [-0.3, -0.25) is 0 Å². The summed E-state index contributed by atoms with van der Waals surface area (Å²) < 4.78 is 22.0. The van der Waals surface area contributed by atoms with Gasteiger partial charge < -0.3 is 18.9 Å². The van der Waals surface area contributed by atoms with Crippen LogP contribution in [0.3, 0.4) is 0 Å². The fraction of sp³-hybridized carbons (Fsp3) is 0.667. The first-order valence-electron chi connectivity index (χ1n) is 6.14. The van der Waals surface area contributed by atoms with Gasteiger partial charge in [0.1, 0.15) is 18.5 Å². The van der Waals surface area contributed by atoms with Crippen molar-refractivity contribution in [1.29, 1.82) is 0 Å². The van der Waals surface area contributed by atoms with E-state index in [0.29, 0.717) is 39.6 Å². The molecule has 1 aromatic heterocycles. The van der Waals surface area contributed by atoms with Crippen LogP contribution in [0.15, 0.2) is 12.4 Å². The van der Waals surface area contributed by atoms with Crippen LogP contribution in [-0.4, -0.2) is 49.6 Å². The quantitative estimate of drug-likeness (QED) is 0.770. The molecule has 2 saturated heterocycles. The van der Waals surface area contributed by atoms with E-state index in [1.165, 1.54) is 0 Å². The fourth-order valence-electron chi connectivity index (χ4n) is 2.06. The number of aromatic nitrogens is 2. The van der Waals surface area contributed by atoms with E-state index in [-0.39, 0.29) is 12.2 Å². The number of ether oxygens (including phenoxy) is 4. The Morgan fingerprint density at radius 1 is 0.833 bits per heavy atom. The maximum Gasteiger partial charge on any atom is 0.123 e. The molecule has 0 aromatic carbocycles. The van der Waals surface area contributed by atoms with Crippen LogP contribution in [0.4, 0.5) is 0 Å². The highest BCUT2D eigenvalue weighted by Crippen LogP contribution is 2.23. The second-order valence-corrected chi connectivity index (χ2v) is 4.24. The van der Waals surface area contributed by atoms with Crippen molar-refractivity contribution in [3.05, 3.63) is 23.8 Å². The highest BCUT2D eigenvalue weighted by Gasteiger charge is 2.22. The van der Waals surface area contributed by atoms with Crippen LogP contribution in [-0.2, 0) is 18.9 Å². The van der Waals surface area contributed by atoms with Crippen LogP contribution in [0, 0.1) is 0 Å². The van der Waals surface area contributed by atoms with Crippen molar-refractivity contribution in [3.8, 4) is 0 Å². The lowest BCUT2D eigenvalue weighted by molar-refractivity contribution is -0.0951. The van der Waals surface area contributed by atoms with E-state index in [1.54, 1.807) is 6.33 Å². The molecule has 0 amide bonds. The molecule has 98 valence electrons. The zero-order valence-corrected chi connectivity index (χ0v) is 10.1. The first kappa shape index (κ1) is 12.0. The molecule has 2 aliphatic heterocycles. The van der Waals surface area contributed by atoms with Gasteiger partial charge in [-0.05, 0) is 6.07 Å². The normalized spacial score (nSPS) is 29.1. The fourth-order valence-corrected chi connectivity index (χ4v) is 2.06. The summed E-state index contributed by atoms with van der Waals surface area (Å²) in [5, 5.41) is 0. The molecule has 3 rings (SSSR count). The van der Waals surface area contributed by atoms with Gasteiger partial charge in [-0.15, -0.1) is 0 Å². The van der Waals surface area contributed by atoms with Crippen LogP contribution in [0.2, 0.25) is 0 Å². The van der Waals surface area contributed by atoms with Gasteiger partial charge in [-0.2, -0.15) is 0 Å². The summed E-state index contributed by atoms with van der Waals surface area (Å²) in [4.78, 5) is 8.49. The number of hydrogen-bond acceptors (Lipinski definition) is 6. The predicted octanol–water partition coefficient (Wildman–Crippen LogP) is 0.652. The minimum absolute atomic E-state index is 0.106. The topological polar surface area (TPSA) is 62.7 Å². The SMILES string of the molecule is c1nc([C@@H]2COCCO2)cc([C@H]2COCCO2)n1. The van der Waals surface area contributed by atoms with Crippen molar-refractivity contribution in [2.75, 3.05) is 39.6 Å². The molecule has 0 aliphatic carbocycles. The molecule has 18 heavy (non-hydrogen) atoms. The second-order valence-electron chi connectivity index (χ2n) is 4.24. The summed E-state index contributed by atoms with van der Waals surface area (Å²) in [7, 11) is 0. The van der Waals surface area contributed by atoms with Gasteiger partial charge in [-0.25, -0.2) is 9.97 Å². The Bertz CT molecular complexity index is 356. The molecule has 1 aromatic rings. The van der Waals surface area contributed by atoms with Gasteiger partial charge in [0.15, 0.2) is 0 Å². The van der Waals surface area contributed by atoms with Crippen molar-refractivity contribution in [2.24, 2.45) is 0 Å². The van der Waals surface area contributed by atoms with Crippen molar-refractivity contribution in [2.45, 2.75) is 12.2 Å². The third-order valence-corrected chi connectivity index (χ3v) is 3.00. The second kappa shape index (κ2) is 5.71. The molecule has 0 bridgehead atoms. The standard InChI is InChI=1S/C12H16N2O4/c1-3-17-11(6-15-1)9-5-10(14-8-13-9)12-7-16-2-4-18-12/h5,8,11-12H,1-4,6-7H2/t11-,12+. The molecule has 0 saturated carbocycles. The summed E-state index contributed by atoms with van der Waals surface area (Å²) in [6.45, 7) is 3.58. The Morgan fingerprint density at radius 3 is 1.83 bits per heavy atom. The number of hydrogen-bond donors (Lipinski definition) is 0. The van der Waals surface area contributed by atoms with Gasteiger partial charge in [0, 0.05) is 0 Å². The van der Waals surface area contributed by atoms with Crippen LogP contribution in [0.1, 0.15) is 23.6 Å². The van der Waals surface area contributed by atoms with E-state index in [4.69, 9.17) is 18.9 Å². The predicted molar refractivity (Wildman–Crippen MR) is 61.1 cm³/mol.